The number of nitrogens with one attached hydrogen (secondary N) is 1. The highest BCUT2D eigenvalue weighted by atomic mass is 35.5. The summed E-state index contributed by atoms with van der Waals surface area (Å²) < 4.78 is 3.81. The van der Waals surface area contributed by atoms with Crippen LogP contribution >= 0.6 is 23.1 Å². The van der Waals surface area contributed by atoms with E-state index < -0.39 is 0 Å². The lowest BCUT2D eigenvalue weighted by atomic mass is 10.2. The Balaban J connectivity index is 2.05. The van der Waals surface area contributed by atoms with Gasteiger partial charge in [-0.25, -0.2) is 0 Å². The van der Waals surface area contributed by atoms with Crippen molar-refractivity contribution in [3.8, 4) is 0 Å². The van der Waals surface area contributed by atoms with Gasteiger partial charge in [0, 0.05) is 25.2 Å². The fourth-order valence-electron chi connectivity index (χ4n) is 1.43. The molecular formula is C11H13ClN4S. The molecule has 4 nitrogen and oxygen atoms in total. The highest BCUT2D eigenvalue weighted by molar-refractivity contribution is 7.03. The molecule has 2 aromatic rings. The molecule has 17 heavy (non-hydrogen) atoms. The van der Waals surface area contributed by atoms with E-state index in [1.165, 1.54) is 11.5 Å². The lowest BCUT2D eigenvalue weighted by Gasteiger charge is -2.15. The fraction of sp³-hybridized carbons (Fsp3) is 0.273. The Kier molecular flexibility index (Phi) is 3.81. The highest BCUT2D eigenvalue weighted by Crippen LogP contribution is 2.27. The average Bonchev–Trinajstić information content (AvgIpc) is 2.78. The van der Waals surface area contributed by atoms with E-state index in [4.69, 9.17) is 11.6 Å². The smallest absolute Gasteiger partial charge is 0.0946 e. The van der Waals surface area contributed by atoms with E-state index in [1.807, 2.05) is 42.6 Å². The first-order valence-electron chi connectivity index (χ1n) is 5.13. The van der Waals surface area contributed by atoms with Gasteiger partial charge in [0.1, 0.15) is 0 Å². The van der Waals surface area contributed by atoms with Crippen LogP contribution in [0.1, 0.15) is 5.69 Å². The molecule has 2 rings (SSSR count). The van der Waals surface area contributed by atoms with Gasteiger partial charge in [0.05, 0.1) is 22.9 Å². The van der Waals surface area contributed by atoms with Crippen molar-refractivity contribution in [1.29, 1.82) is 0 Å². The molecule has 0 aliphatic carbocycles. The third kappa shape index (κ3) is 3.08. The third-order valence-electron chi connectivity index (χ3n) is 2.31. The zero-order valence-corrected chi connectivity index (χ0v) is 11.2. The number of hydrogen-bond acceptors (Lipinski definition) is 5. The summed E-state index contributed by atoms with van der Waals surface area (Å²) in [5.74, 6) is 0. The summed E-state index contributed by atoms with van der Waals surface area (Å²) in [7, 11) is 3.94. The minimum absolute atomic E-state index is 0.661. The summed E-state index contributed by atoms with van der Waals surface area (Å²) in [5, 5.41) is 9.87. The van der Waals surface area contributed by atoms with Gasteiger partial charge in [0.15, 0.2) is 0 Å². The van der Waals surface area contributed by atoms with E-state index in [9.17, 15) is 0 Å². The van der Waals surface area contributed by atoms with Crippen molar-refractivity contribution in [2.45, 2.75) is 6.54 Å². The lowest BCUT2D eigenvalue weighted by Crippen LogP contribution is -2.09. The Hall–Kier alpha value is -1.33. The summed E-state index contributed by atoms with van der Waals surface area (Å²) in [5.41, 5.74) is 2.92. The second-order valence-electron chi connectivity index (χ2n) is 3.81. The van der Waals surface area contributed by atoms with Gasteiger partial charge < -0.3 is 10.2 Å². The molecule has 0 aliphatic heterocycles. The number of nitrogens with zero attached hydrogens (tertiary/aromatic N) is 3. The van der Waals surface area contributed by atoms with Crippen LogP contribution in [-0.2, 0) is 6.54 Å². The highest BCUT2D eigenvalue weighted by Gasteiger charge is 2.04. The van der Waals surface area contributed by atoms with Gasteiger partial charge in [-0.05, 0) is 29.7 Å². The molecule has 0 fully saturated rings. The summed E-state index contributed by atoms with van der Waals surface area (Å²) >= 11 is 7.53. The lowest BCUT2D eigenvalue weighted by molar-refractivity contribution is 0.998. The van der Waals surface area contributed by atoms with Crippen LogP contribution in [0.2, 0.25) is 5.02 Å². The van der Waals surface area contributed by atoms with E-state index in [0.29, 0.717) is 6.54 Å². The monoisotopic (exact) mass is 268 g/mol. The van der Waals surface area contributed by atoms with E-state index in [1.54, 1.807) is 0 Å². The van der Waals surface area contributed by atoms with Gasteiger partial charge in [0.2, 0.25) is 0 Å². The molecule has 1 aromatic carbocycles. The van der Waals surface area contributed by atoms with Crippen molar-refractivity contribution < 1.29 is 0 Å². The molecule has 0 atom stereocenters. The number of halogens is 1. The van der Waals surface area contributed by atoms with Gasteiger partial charge in [-0.3, -0.25) is 0 Å². The van der Waals surface area contributed by atoms with Crippen LogP contribution in [-0.4, -0.2) is 23.7 Å². The van der Waals surface area contributed by atoms with E-state index in [-0.39, 0.29) is 0 Å². The van der Waals surface area contributed by atoms with Crippen molar-refractivity contribution in [1.82, 2.24) is 9.59 Å². The molecule has 1 aromatic heterocycles. The van der Waals surface area contributed by atoms with E-state index in [0.717, 1.165) is 22.1 Å². The molecule has 1 heterocycles. The number of anilines is 2. The number of aromatic nitrogens is 2. The molecule has 0 aliphatic rings. The van der Waals surface area contributed by atoms with Crippen LogP contribution in [0.25, 0.3) is 0 Å². The van der Waals surface area contributed by atoms with Crippen molar-refractivity contribution >= 4 is 34.5 Å². The van der Waals surface area contributed by atoms with Crippen LogP contribution < -0.4 is 10.2 Å². The summed E-state index contributed by atoms with van der Waals surface area (Å²) in [6.45, 7) is 0.661. The maximum atomic E-state index is 6.18. The first kappa shape index (κ1) is 12.1. The van der Waals surface area contributed by atoms with Crippen LogP contribution in [0.4, 0.5) is 11.4 Å². The molecule has 0 saturated heterocycles. The minimum Gasteiger partial charge on any atom is -0.379 e. The van der Waals surface area contributed by atoms with Gasteiger partial charge in [0.25, 0.3) is 0 Å². The molecular weight excluding hydrogens is 256 g/mol. The number of benzene rings is 1. The van der Waals surface area contributed by atoms with Gasteiger partial charge >= 0.3 is 0 Å². The summed E-state index contributed by atoms with van der Waals surface area (Å²) in [4.78, 5) is 1.98. The van der Waals surface area contributed by atoms with Gasteiger partial charge in [-0.2, -0.15) is 0 Å². The molecule has 0 bridgehead atoms. The predicted octanol–water partition coefficient (Wildman–Crippen LogP) is 2.87. The maximum absolute atomic E-state index is 6.18. The summed E-state index contributed by atoms with van der Waals surface area (Å²) in [6.07, 6.45) is 0. The van der Waals surface area contributed by atoms with Crippen molar-refractivity contribution in [2.75, 3.05) is 24.3 Å². The Morgan fingerprint density at radius 3 is 2.82 bits per heavy atom. The zero-order valence-electron chi connectivity index (χ0n) is 9.64. The Bertz CT molecular complexity index is 484. The third-order valence-corrected chi connectivity index (χ3v) is 3.16. The average molecular weight is 269 g/mol. The molecule has 0 radical (unpaired) electrons. The minimum atomic E-state index is 0.661. The molecule has 1 N–H and O–H groups in total. The first-order chi connectivity index (χ1) is 8.16. The van der Waals surface area contributed by atoms with Crippen LogP contribution in [0.3, 0.4) is 0 Å². The first-order valence-corrected chi connectivity index (χ1v) is 6.35. The zero-order chi connectivity index (χ0) is 12.3. The van der Waals surface area contributed by atoms with Crippen LogP contribution in [0, 0.1) is 0 Å². The standard InChI is InChI=1S/C11H13ClN4S/c1-16(2)11-4-3-8(5-10(11)12)13-6-9-7-17-15-14-9/h3-5,7,13H,6H2,1-2H3. The number of hydrogen-bond donors (Lipinski definition) is 1. The van der Waals surface area contributed by atoms with Crippen LogP contribution in [0.15, 0.2) is 23.6 Å². The normalized spacial score (nSPS) is 10.3. The van der Waals surface area contributed by atoms with Gasteiger partial charge in [-0.1, -0.05) is 16.1 Å². The molecule has 0 unspecified atom stereocenters. The van der Waals surface area contributed by atoms with E-state index >= 15 is 0 Å². The molecule has 90 valence electrons. The largest absolute Gasteiger partial charge is 0.379 e. The number of rotatable bonds is 4. The van der Waals surface area contributed by atoms with Crippen molar-refractivity contribution in [3.63, 3.8) is 0 Å². The van der Waals surface area contributed by atoms with Gasteiger partial charge in [-0.15, -0.1) is 5.10 Å². The topological polar surface area (TPSA) is 41.0 Å². The van der Waals surface area contributed by atoms with Crippen molar-refractivity contribution in [3.05, 3.63) is 34.3 Å². The maximum Gasteiger partial charge on any atom is 0.0946 e. The van der Waals surface area contributed by atoms with E-state index in [2.05, 4.69) is 14.9 Å². The molecule has 0 spiro atoms. The molecule has 0 saturated carbocycles. The summed E-state index contributed by atoms with van der Waals surface area (Å²) in [6, 6.07) is 5.90. The van der Waals surface area contributed by atoms with Crippen molar-refractivity contribution in [2.24, 2.45) is 0 Å². The predicted molar refractivity (Wildman–Crippen MR) is 73.0 cm³/mol. The Labute approximate surface area is 109 Å². The Morgan fingerprint density at radius 1 is 1.41 bits per heavy atom. The molecule has 0 amide bonds. The fourth-order valence-corrected chi connectivity index (χ4v) is 2.23. The van der Waals surface area contributed by atoms with Crippen LogP contribution in [0.5, 0.6) is 0 Å². The SMILES string of the molecule is CN(C)c1ccc(NCc2csnn2)cc1Cl. The molecule has 6 heteroatoms. The second-order valence-corrected chi connectivity index (χ2v) is 4.83. The second kappa shape index (κ2) is 5.33. The Morgan fingerprint density at radius 2 is 2.24 bits per heavy atom. The quantitative estimate of drug-likeness (QED) is 0.926.